The number of hydrogen-bond donors (Lipinski definition) is 2. The predicted molar refractivity (Wildman–Crippen MR) is 91.1 cm³/mol. The minimum atomic E-state index is -0.389. The minimum Gasteiger partial charge on any atom is -0.493 e. The molecule has 6 nitrogen and oxygen atoms in total. The Morgan fingerprint density at radius 1 is 0.958 bits per heavy atom. The lowest BCUT2D eigenvalue weighted by Crippen LogP contribution is -2.38. The number of ether oxygens (including phenoxy) is 3. The first-order valence-electron chi connectivity index (χ1n) is 7.56. The molecule has 1 atom stereocenters. The third kappa shape index (κ3) is 2.60. The molecule has 126 valence electrons. The Morgan fingerprint density at radius 3 is 2.21 bits per heavy atom. The molecule has 1 heterocycles. The van der Waals surface area contributed by atoms with E-state index in [1.165, 1.54) is 0 Å². The van der Waals surface area contributed by atoms with Crippen LogP contribution in [0, 0.1) is 6.92 Å². The molecule has 0 saturated heterocycles. The highest BCUT2D eigenvalue weighted by Gasteiger charge is 2.27. The average molecular weight is 328 g/mol. The molecule has 0 saturated carbocycles. The molecule has 0 fully saturated rings. The second kappa shape index (κ2) is 6.31. The van der Waals surface area contributed by atoms with Gasteiger partial charge < -0.3 is 24.8 Å². The first kappa shape index (κ1) is 16.0. The molecule has 0 unspecified atom stereocenters. The van der Waals surface area contributed by atoms with Crippen LogP contribution in [0.5, 0.6) is 17.2 Å². The molecule has 1 amide bonds. The van der Waals surface area contributed by atoms with E-state index in [1.807, 2.05) is 31.2 Å². The van der Waals surface area contributed by atoms with Crippen molar-refractivity contribution in [1.29, 1.82) is 0 Å². The van der Waals surface area contributed by atoms with E-state index in [-0.39, 0.29) is 12.1 Å². The molecule has 24 heavy (non-hydrogen) atoms. The van der Waals surface area contributed by atoms with Gasteiger partial charge >= 0.3 is 0 Å². The summed E-state index contributed by atoms with van der Waals surface area (Å²) in [5.41, 5.74) is 3.30. The largest absolute Gasteiger partial charge is 0.493 e. The molecule has 2 N–H and O–H groups in total. The van der Waals surface area contributed by atoms with Crippen LogP contribution in [0.15, 0.2) is 30.3 Å². The van der Waals surface area contributed by atoms with Crippen molar-refractivity contribution in [3.05, 3.63) is 47.0 Å². The molecule has 6 heteroatoms. The van der Waals surface area contributed by atoms with Gasteiger partial charge in [0.2, 0.25) is 5.75 Å². The quantitative estimate of drug-likeness (QED) is 0.903. The van der Waals surface area contributed by atoms with Crippen molar-refractivity contribution in [2.75, 3.05) is 26.6 Å². The molecule has 0 aliphatic carbocycles. The molecular formula is C18H20N2O4. The highest BCUT2D eigenvalue weighted by molar-refractivity contribution is 6.02. The standard InChI is InChI=1S/C18H20N2O4/c1-10-6-5-7-12-15(10)19-17(20-18(12)21)11-8-13(22-2)16(24-4)14(9-11)23-3/h5-9,17,19H,1-4H3,(H,20,21)/t17-/m1/s1. The summed E-state index contributed by atoms with van der Waals surface area (Å²) in [7, 11) is 4.68. The molecule has 1 aliphatic heterocycles. The van der Waals surface area contributed by atoms with E-state index in [0.29, 0.717) is 22.8 Å². The highest BCUT2D eigenvalue weighted by atomic mass is 16.5. The van der Waals surface area contributed by atoms with E-state index < -0.39 is 0 Å². The summed E-state index contributed by atoms with van der Waals surface area (Å²) >= 11 is 0. The van der Waals surface area contributed by atoms with Crippen LogP contribution in [0.4, 0.5) is 5.69 Å². The Bertz CT molecular complexity index is 764. The summed E-state index contributed by atoms with van der Waals surface area (Å²) in [5, 5.41) is 6.32. The fourth-order valence-corrected chi connectivity index (χ4v) is 2.87. The molecule has 1 aliphatic rings. The van der Waals surface area contributed by atoms with Crippen molar-refractivity contribution in [2.24, 2.45) is 0 Å². The van der Waals surface area contributed by atoms with E-state index in [0.717, 1.165) is 16.8 Å². The van der Waals surface area contributed by atoms with Crippen LogP contribution in [0.25, 0.3) is 0 Å². The number of amides is 1. The lowest BCUT2D eigenvalue weighted by molar-refractivity contribution is 0.0935. The lowest BCUT2D eigenvalue weighted by atomic mass is 10.0. The summed E-state index contributed by atoms with van der Waals surface area (Å²) in [6, 6.07) is 9.28. The van der Waals surface area contributed by atoms with Gasteiger partial charge in [-0.25, -0.2) is 0 Å². The molecule has 2 aromatic carbocycles. The maximum atomic E-state index is 12.4. The van der Waals surface area contributed by atoms with Crippen molar-refractivity contribution in [2.45, 2.75) is 13.1 Å². The number of rotatable bonds is 4. The third-order valence-corrected chi connectivity index (χ3v) is 4.10. The normalized spacial score (nSPS) is 15.8. The van der Waals surface area contributed by atoms with Gasteiger partial charge in [-0.15, -0.1) is 0 Å². The van der Waals surface area contributed by atoms with Gasteiger partial charge in [0, 0.05) is 5.56 Å². The number of fused-ring (bicyclic) bond motifs is 1. The van der Waals surface area contributed by atoms with Crippen LogP contribution in [0.1, 0.15) is 27.7 Å². The number of para-hydroxylation sites is 1. The van der Waals surface area contributed by atoms with Crippen LogP contribution in [0.2, 0.25) is 0 Å². The van der Waals surface area contributed by atoms with Crippen LogP contribution >= 0.6 is 0 Å². The van der Waals surface area contributed by atoms with Crippen molar-refractivity contribution >= 4 is 11.6 Å². The van der Waals surface area contributed by atoms with Crippen LogP contribution in [-0.2, 0) is 0 Å². The number of nitrogens with one attached hydrogen (secondary N) is 2. The smallest absolute Gasteiger partial charge is 0.255 e. The fraction of sp³-hybridized carbons (Fsp3) is 0.278. The molecule has 2 aromatic rings. The number of carbonyl (C=O) groups excluding carboxylic acids is 1. The van der Waals surface area contributed by atoms with Gasteiger partial charge in [-0.05, 0) is 30.7 Å². The number of benzene rings is 2. The SMILES string of the molecule is COc1cc([C@H]2NC(=O)c3cccc(C)c3N2)cc(OC)c1OC. The zero-order valence-corrected chi connectivity index (χ0v) is 14.1. The van der Waals surface area contributed by atoms with E-state index in [4.69, 9.17) is 14.2 Å². The maximum absolute atomic E-state index is 12.4. The molecule has 0 spiro atoms. The summed E-state index contributed by atoms with van der Waals surface area (Å²) in [6.07, 6.45) is -0.389. The van der Waals surface area contributed by atoms with Crippen LogP contribution in [-0.4, -0.2) is 27.2 Å². The summed E-state index contributed by atoms with van der Waals surface area (Å²) in [4.78, 5) is 12.4. The van der Waals surface area contributed by atoms with Gasteiger partial charge in [0.15, 0.2) is 11.5 Å². The Hall–Kier alpha value is -2.89. The van der Waals surface area contributed by atoms with E-state index in [2.05, 4.69) is 10.6 Å². The van der Waals surface area contributed by atoms with Crippen LogP contribution < -0.4 is 24.8 Å². The van der Waals surface area contributed by atoms with Gasteiger partial charge in [-0.2, -0.15) is 0 Å². The monoisotopic (exact) mass is 328 g/mol. The van der Waals surface area contributed by atoms with Gasteiger partial charge in [-0.3, -0.25) is 4.79 Å². The third-order valence-electron chi connectivity index (χ3n) is 4.10. The fourth-order valence-electron chi connectivity index (χ4n) is 2.87. The van der Waals surface area contributed by atoms with Crippen molar-refractivity contribution in [3.63, 3.8) is 0 Å². The van der Waals surface area contributed by atoms with Gasteiger partial charge in [0.05, 0.1) is 32.6 Å². The zero-order valence-electron chi connectivity index (χ0n) is 14.1. The van der Waals surface area contributed by atoms with E-state index in [9.17, 15) is 4.79 Å². The minimum absolute atomic E-state index is 0.119. The topological polar surface area (TPSA) is 68.8 Å². The van der Waals surface area contributed by atoms with E-state index in [1.54, 1.807) is 27.4 Å². The second-order valence-corrected chi connectivity index (χ2v) is 5.51. The lowest BCUT2D eigenvalue weighted by Gasteiger charge is -2.30. The predicted octanol–water partition coefficient (Wildman–Crippen LogP) is 2.87. The van der Waals surface area contributed by atoms with Crippen molar-refractivity contribution in [3.8, 4) is 17.2 Å². The Kier molecular flexibility index (Phi) is 4.20. The van der Waals surface area contributed by atoms with Crippen LogP contribution in [0.3, 0.4) is 0 Å². The molecule has 0 aromatic heterocycles. The number of hydrogen-bond acceptors (Lipinski definition) is 5. The number of aryl methyl sites for hydroxylation is 1. The summed E-state index contributed by atoms with van der Waals surface area (Å²) in [5.74, 6) is 1.48. The van der Waals surface area contributed by atoms with Gasteiger partial charge in [-0.1, -0.05) is 12.1 Å². The Morgan fingerprint density at radius 2 is 1.62 bits per heavy atom. The summed E-state index contributed by atoms with van der Waals surface area (Å²) in [6.45, 7) is 1.97. The second-order valence-electron chi connectivity index (χ2n) is 5.51. The van der Waals surface area contributed by atoms with Gasteiger partial charge in [0.1, 0.15) is 6.17 Å². The van der Waals surface area contributed by atoms with Crippen molar-refractivity contribution in [1.82, 2.24) is 5.32 Å². The molecule has 3 rings (SSSR count). The first-order chi connectivity index (χ1) is 11.6. The molecular weight excluding hydrogens is 308 g/mol. The molecule has 0 radical (unpaired) electrons. The average Bonchev–Trinajstić information content (AvgIpc) is 2.61. The number of anilines is 1. The molecule has 0 bridgehead atoms. The van der Waals surface area contributed by atoms with E-state index >= 15 is 0 Å². The Labute approximate surface area is 140 Å². The highest BCUT2D eigenvalue weighted by Crippen LogP contribution is 2.40. The number of methoxy groups -OCH3 is 3. The summed E-state index contributed by atoms with van der Waals surface area (Å²) < 4.78 is 16.1. The van der Waals surface area contributed by atoms with Crippen molar-refractivity contribution < 1.29 is 19.0 Å². The number of carbonyl (C=O) groups is 1. The Balaban J connectivity index is 2.04. The first-order valence-corrected chi connectivity index (χ1v) is 7.56. The van der Waals surface area contributed by atoms with Gasteiger partial charge in [0.25, 0.3) is 5.91 Å². The zero-order chi connectivity index (χ0) is 17.3. The maximum Gasteiger partial charge on any atom is 0.255 e.